The Bertz CT molecular complexity index is 452. The monoisotopic (exact) mass is 377 g/mol. The molecule has 3 nitrogen and oxygen atoms in total. The molecule has 0 amide bonds. The molecule has 1 aromatic rings. The molecular weight excluding hydrogens is 336 g/mol. The summed E-state index contributed by atoms with van der Waals surface area (Å²) in [5.41, 5.74) is 1.21. The summed E-state index contributed by atoms with van der Waals surface area (Å²) in [6.07, 6.45) is 12.1. The number of aryl methyl sites for hydroxylation is 1. The Kier molecular flexibility index (Phi) is 13.7. The topological polar surface area (TPSA) is 27.7 Å². The van der Waals surface area contributed by atoms with Gasteiger partial charge in [-0.05, 0) is 49.8 Å². The molecule has 0 aliphatic carbocycles. The van der Waals surface area contributed by atoms with Gasteiger partial charge in [-0.3, -0.25) is 0 Å². The zero-order chi connectivity index (χ0) is 19.7. The third kappa shape index (κ3) is 9.93. The second kappa shape index (κ2) is 15.7. The second-order valence-corrected chi connectivity index (χ2v) is 7.19. The van der Waals surface area contributed by atoms with E-state index in [4.69, 9.17) is 14.2 Å². The lowest BCUT2D eigenvalue weighted by molar-refractivity contribution is 0.235. The minimum Gasteiger partial charge on any atom is -0.490 e. The van der Waals surface area contributed by atoms with Crippen LogP contribution >= 0.6 is 0 Å². The van der Waals surface area contributed by atoms with E-state index in [0.717, 1.165) is 62.6 Å². The van der Waals surface area contributed by atoms with Gasteiger partial charge in [0.05, 0.1) is 19.8 Å². The fourth-order valence-electron chi connectivity index (χ4n) is 2.93. The van der Waals surface area contributed by atoms with E-state index in [1.54, 1.807) is 0 Å². The van der Waals surface area contributed by atoms with Crippen molar-refractivity contribution in [3.05, 3.63) is 24.6 Å². The first kappa shape index (κ1) is 23.7. The number of rotatable bonds is 17. The van der Waals surface area contributed by atoms with E-state index in [0.29, 0.717) is 6.61 Å². The second-order valence-electron chi connectivity index (χ2n) is 7.19. The molecule has 1 rings (SSSR count). The van der Waals surface area contributed by atoms with E-state index in [1.807, 2.05) is 0 Å². The van der Waals surface area contributed by atoms with Gasteiger partial charge in [-0.15, -0.1) is 0 Å². The van der Waals surface area contributed by atoms with Crippen molar-refractivity contribution in [1.82, 2.24) is 0 Å². The normalized spacial score (nSPS) is 10.8. The molecule has 0 aliphatic heterocycles. The van der Waals surface area contributed by atoms with Crippen LogP contribution in [-0.4, -0.2) is 19.8 Å². The fourth-order valence-corrected chi connectivity index (χ4v) is 2.93. The van der Waals surface area contributed by atoms with E-state index in [9.17, 15) is 0 Å². The highest BCUT2D eigenvalue weighted by Crippen LogP contribution is 2.40. The molecule has 27 heavy (non-hydrogen) atoms. The van der Waals surface area contributed by atoms with Crippen molar-refractivity contribution in [1.29, 1.82) is 0 Å². The molecule has 3 heteroatoms. The van der Waals surface area contributed by atoms with Crippen LogP contribution in [0.15, 0.2) is 12.1 Å². The van der Waals surface area contributed by atoms with Gasteiger partial charge in [0.15, 0.2) is 11.5 Å². The molecule has 1 aromatic carbocycles. The summed E-state index contributed by atoms with van der Waals surface area (Å²) in [4.78, 5) is 0. The lowest BCUT2D eigenvalue weighted by Crippen LogP contribution is -2.07. The summed E-state index contributed by atoms with van der Waals surface area (Å²) in [7, 11) is 0. The highest BCUT2D eigenvalue weighted by Gasteiger charge is 2.15. The van der Waals surface area contributed by atoms with Gasteiger partial charge < -0.3 is 14.2 Å². The lowest BCUT2D eigenvalue weighted by Gasteiger charge is -2.19. The van der Waals surface area contributed by atoms with Crippen molar-refractivity contribution in [3.8, 4) is 17.2 Å². The molecule has 0 heterocycles. The van der Waals surface area contributed by atoms with Crippen LogP contribution in [0.3, 0.4) is 0 Å². The van der Waals surface area contributed by atoms with Crippen LogP contribution in [0.5, 0.6) is 17.2 Å². The highest BCUT2D eigenvalue weighted by atomic mass is 16.5. The van der Waals surface area contributed by atoms with Crippen LogP contribution in [0, 0.1) is 6.92 Å². The minimum atomic E-state index is 0.708. The van der Waals surface area contributed by atoms with Crippen molar-refractivity contribution in [3.63, 3.8) is 0 Å². The number of hydrogen-bond acceptors (Lipinski definition) is 3. The molecule has 0 saturated carbocycles. The zero-order valence-corrected chi connectivity index (χ0v) is 18.0. The number of benzene rings is 1. The molecule has 0 bridgehead atoms. The highest BCUT2D eigenvalue weighted by molar-refractivity contribution is 5.54. The number of ether oxygens (including phenoxy) is 3. The Labute approximate surface area is 167 Å². The Morgan fingerprint density at radius 1 is 0.667 bits per heavy atom. The van der Waals surface area contributed by atoms with E-state index in [2.05, 4.69) is 39.8 Å². The Morgan fingerprint density at radius 2 is 1.11 bits per heavy atom. The van der Waals surface area contributed by atoms with E-state index in [1.165, 1.54) is 44.1 Å². The molecule has 0 N–H and O–H groups in total. The first-order chi connectivity index (χ1) is 13.3. The zero-order valence-electron chi connectivity index (χ0n) is 18.0. The van der Waals surface area contributed by atoms with Gasteiger partial charge in [-0.25, -0.2) is 0 Å². The first-order valence-electron chi connectivity index (χ1n) is 11.1. The Hall–Kier alpha value is -1.38. The molecule has 0 atom stereocenters. The first-order valence-corrected chi connectivity index (χ1v) is 11.1. The maximum Gasteiger partial charge on any atom is 0.203 e. The van der Waals surface area contributed by atoms with Gasteiger partial charge in [-0.1, -0.05) is 66.2 Å². The van der Waals surface area contributed by atoms with E-state index >= 15 is 0 Å². The molecule has 0 saturated heterocycles. The lowest BCUT2D eigenvalue weighted by atomic mass is 10.1. The van der Waals surface area contributed by atoms with Crippen LogP contribution in [0.25, 0.3) is 0 Å². The Balaban J connectivity index is 2.94. The predicted molar refractivity (Wildman–Crippen MR) is 115 cm³/mol. The molecule has 0 spiro atoms. The maximum absolute atomic E-state index is 6.15. The van der Waals surface area contributed by atoms with Crippen molar-refractivity contribution < 1.29 is 14.2 Å². The van der Waals surface area contributed by atoms with Crippen LogP contribution in [-0.2, 0) is 6.42 Å². The SMILES string of the molecule is [CH2]CCc1cc(OCCCCC)c(OCCCCC)c(OCCCCC)c1. The minimum absolute atomic E-state index is 0.708. The van der Waals surface area contributed by atoms with Gasteiger partial charge >= 0.3 is 0 Å². The van der Waals surface area contributed by atoms with Gasteiger partial charge in [-0.2, -0.15) is 0 Å². The summed E-state index contributed by atoms with van der Waals surface area (Å²) < 4.78 is 18.4. The van der Waals surface area contributed by atoms with E-state index in [-0.39, 0.29) is 0 Å². The average Bonchev–Trinajstić information content (AvgIpc) is 2.67. The maximum atomic E-state index is 6.15. The van der Waals surface area contributed by atoms with Gasteiger partial charge in [0.1, 0.15) is 0 Å². The predicted octanol–water partition coefficient (Wildman–Crippen LogP) is 7.16. The van der Waals surface area contributed by atoms with E-state index < -0.39 is 0 Å². The molecule has 0 fully saturated rings. The van der Waals surface area contributed by atoms with Crippen LogP contribution in [0.1, 0.15) is 90.5 Å². The molecule has 1 radical (unpaired) electrons. The number of unbranched alkanes of at least 4 members (excludes halogenated alkanes) is 6. The summed E-state index contributed by atoms with van der Waals surface area (Å²) in [5.74, 6) is 2.45. The summed E-state index contributed by atoms with van der Waals surface area (Å²) >= 11 is 0. The number of hydrogen-bond donors (Lipinski definition) is 0. The van der Waals surface area contributed by atoms with Crippen molar-refractivity contribution in [2.24, 2.45) is 0 Å². The molecule has 0 aliphatic rings. The summed E-state index contributed by atoms with van der Waals surface area (Å²) in [5, 5.41) is 0. The van der Waals surface area contributed by atoms with Gasteiger partial charge in [0.25, 0.3) is 0 Å². The van der Waals surface area contributed by atoms with Crippen LogP contribution in [0.4, 0.5) is 0 Å². The molecule has 0 aromatic heterocycles. The van der Waals surface area contributed by atoms with Crippen molar-refractivity contribution >= 4 is 0 Å². The molecule has 0 unspecified atom stereocenters. The Morgan fingerprint density at radius 3 is 1.52 bits per heavy atom. The third-order valence-electron chi connectivity index (χ3n) is 4.55. The van der Waals surface area contributed by atoms with Crippen molar-refractivity contribution in [2.75, 3.05) is 19.8 Å². The van der Waals surface area contributed by atoms with Gasteiger partial charge in [0, 0.05) is 0 Å². The average molecular weight is 378 g/mol. The largest absolute Gasteiger partial charge is 0.490 e. The fraction of sp³-hybridized carbons (Fsp3) is 0.708. The summed E-state index contributed by atoms with van der Waals surface area (Å²) in [6, 6.07) is 4.23. The smallest absolute Gasteiger partial charge is 0.203 e. The molecule has 155 valence electrons. The molecular formula is C24H41O3. The quantitative estimate of drug-likeness (QED) is 0.270. The van der Waals surface area contributed by atoms with Crippen molar-refractivity contribution in [2.45, 2.75) is 91.4 Å². The summed E-state index contributed by atoms with van der Waals surface area (Å²) in [6.45, 7) is 12.8. The van der Waals surface area contributed by atoms with Crippen LogP contribution in [0.2, 0.25) is 0 Å². The van der Waals surface area contributed by atoms with Gasteiger partial charge in [0.2, 0.25) is 5.75 Å². The standard InChI is InChI=1S/C24H41O3/c1-5-9-12-16-25-22-19-21(15-8-4)20-23(26-17-13-10-6-2)24(22)27-18-14-11-7-3/h19-20H,4-18H2,1-3H3. The third-order valence-corrected chi connectivity index (χ3v) is 4.55. The van der Waals surface area contributed by atoms with Crippen LogP contribution < -0.4 is 14.2 Å².